The third-order valence-corrected chi connectivity index (χ3v) is 6.48. The Labute approximate surface area is 191 Å². The highest BCUT2D eigenvalue weighted by Gasteiger charge is 2.22. The summed E-state index contributed by atoms with van der Waals surface area (Å²) >= 11 is 7.53. The Morgan fingerprint density at radius 1 is 1.23 bits per heavy atom. The molecular formula is C23H26ClN3O3S. The fourth-order valence-corrected chi connectivity index (χ4v) is 4.72. The lowest BCUT2D eigenvalue weighted by Crippen LogP contribution is -2.39. The van der Waals surface area contributed by atoms with E-state index in [0.717, 1.165) is 55.2 Å². The number of aromatic nitrogens is 1. The standard InChI is InChI=1S/C23H26ClN3O3S/c1-2-30-19-8-9-20-21(16-19)31-23(25-20)27(11-3-10-26-12-14-29-15-13-26)22(28)17-4-6-18(24)7-5-17/h4-9,16H,2-3,10-15H2,1H3. The molecule has 1 aliphatic rings. The van der Waals surface area contributed by atoms with Crippen LogP contribution >= 0.6 is 22.9 Å². The number of fused-ring (bicyclic) bond motifs is 1. The molecule has 1 fully saturated rings. The lowest BCUT2D eigenvalue weighted by atomic mass is 10.2. The molecular weight excluding hydrogens is 434 g/mol. The van der Waals surface area contributed by atoms with Gasteiger partial charge >= 0.3 is 0 Å². The van der Waals surface area contributed by atoms with E-state index < -0.39 is 0 Å². The number of nitrogens with zero attached hydrogens (tertiary/aromatic N) is 3. The van der Waals surface area contributed by atoms with Crippen molar-refractivity contribution < 1.29 is 14.3 Å². The zero-order valence-corrected chi connectivity index (χ0v) is 19.1. The minimum Gasteiger partial charge on any atom is -0.494 e. The number of carbonyl (C=O) groups excluding carboxylic acids is 1. The van der Waals surface area contributed by atoms with E-state index in [0.29, 0.717) is 28.9 Å². The van der Waals surface area contributed by atoms with Crippen LogP contribution in [0.25, 0.3) is 10.2 Å². The van der Waals surface area contributed by atoms with E-state index in [1.54, 1.807) is 29.2 Å². The number of carbonyl (C=O) groups is 1. The smallest absolute Gasteiger partial charge is 0.260 e. The summed E-state index contributed by atoms with van der Waals surface area (Å²) in [5, 5.41) is 1.31. The predicted octanol–water partition coefficient (Wildman–Crippen LogP) is 4.72. The highest BCUT2D eigenvalue weighted by atomic mass is 35.5. The molecule has 31 heavy (non-hydrogen) atoms. The van der Waals surface area contributed by atoms with Crippen LogP contribution in [0.5, 0.6) is 5.75 Å². The highest BCUT2D eigenvalue weighted by molar-refractivity contribution is 7.22. The second kappa shape index (κ2) is 10.4. The van der Waals surface area contributed by atoms with Gasteiger partial charge in [0.1, 0.15) is 5.75 Å². The van der Waals surface area contributed by atoms with E-state index in [9.17, 15) is 4.79 Å². The summed E-state index contributed by atoms with van der Waals surface area (Å²) in [6.45, 7) is 7.51. The second-order valence-corrected chi connectivity index (χ2v) is 8.78. The van der Waals surface area contributed by atoms with E-state index in [-0.39, 0.29) is 5.91 Å². The summed E-state index contributed by atoms with van der Waals surface area (Å²) in [5.41, 5.74) is 1.47. The molecule has 0 unspecified atom stereocenters. The van der Waals surface area contributed by atoms with Crippen LogP contribution in [-0.2, 0) is 4.74 Å². The van der Waals surface area contributed by atoms with Crippen molar-refractivity contribution in [3.05, 3.63) is 53.1 Å². The van der Waals surface area contributed by atoms with Gasteiger partial charge in [0.2, 0.25) is 0 Å². The van der Waals surface area contributed by atoms with Crippen LogP contribution in [0.15, 0.2) is 42.5 Å². The maximum absolute atomic E-state index is 13.4. The molecule has 0 saturated carbocycles. The first-order valence-electron chi connectivity index (χ1n) is 10.5. The fourth-order valence-electron chi connectivity index (χ4n) is 3.57. The van der Waals surface area contributed by atoms with Gasteiger partial charge in [0, 0.05) is 36.8 Å². The molecule has 8 heteroatoms. The zero-order valence-electron chi connectivity index (χ0n) is 17.6. The molecule has 3 aromatic rings. The van der Waals surface area contributed by atoms with Gasteiger partial charge in [0.05, 0.1) is 30.0 Å². The largest absolute Gasteiger partial charge is 0.494 e. The number of benzene rings is 2. The van der Waals surface area contributed by atoms with Crippen LogP contribution in [0.3, 0.4) is 0 Å². The minimum atomic E-state index is -0.0669. The maximum Gasteiger partial charge on any atom is 0.260 e. The maximum atomic E-state index is 13.4. The molecule has 1 amide bonds. The average molecular weight is 460 g/mol. The van der Waals surface area contributed by atoms with Crippen molar-refractivity contribution in [1.29, 1.82) is 0 Å². The summed E-state index contributed by atoms with van der Waals surface area (Å²) in [6.07, 6.45) is 0.861. The third-order valence-electron chi connectivity index (χ3n) is 5.19. The number of hydrogen-bond donors (Lipinski definition) is 0. The van der Waals surface area contributed by atoms with Gasteiger partial charge < -0.3 is 9.47 Å². The van der Waals surface area contributed by atoms with Gasteiger partial charge in [-0.1, -0.05) is 22.9 Å². The van der Waals surface area contributed by atoms with Crippen LogP contribution in [0.4, 0.5) is 5.13 Å². The summed E-state index contributed by atoms with van der Waals surface area (Å²) in [6, 6.07) is 12.9. The van der Waals surface area contributed by atoms with Gasteiger partial charge in [0.15, 0.2) is 5.13 Å². The Morgan fingerprint density at radius 2 is 2.00 bits per heavy atom. The summed E-state index contributed by atoms with van der Waals surface area (Å²) in [4.78, 5) is 22.3. The van der Waals surface area contributed by atoms with Crippen molar-refractivity contribution in [3.63, 3.8) is 0 Å². The first kappa shape index (κ1) is 22.0. The summed E-state index contributed by atoms with van der Waals surface area (Å²) in [5.74, 6) is 0.746. The zero-order chi connectivity index (χ0) is 21.6. The SMILES string of the molecule is CCOc1ccc2nc(N(CCCN3CCOCC3)C(=O)c3ccc(Cl)cc3)sc2c1. The molecule has 1 aromatic heterocycles. The van der Waals surface area contributed by atoms with E-state index in [1.165, 1.54) is 11.3 Å². The van der Waals surface area contributed by atoms with Crippen LogP contribution < -0.4 is 9.64 Å². The highest BCUT2D eigenvalue weighted by Crippen LogP contribution is 2.32. The number of amides is 1. The third kappa shape index (κ3) is 5.54. The molecule has 1 saturated heterocycles. The van der Waals surface area contributed by atoms with Gasteiger partial charge in [0.25, 0.3) is 5.91 Å². The van der Waals surface area contributed by atoms with Crippen LogP contribution in [0.2, 0.25) is 5.02 Å². The molecule has 2 aromatic carbocycles. The summed E-state index contributed by atoms with van der Waals surface area (Å²) < 4.78 is 12.0. The summed E-state index contributed by atoms with van der Waals surface area (Å²) in [7, 11) is 0. The predicted molar refractivity (Wildman–Crippen MR) is 126 cm³/mol. The molecule has 164 valence electrons. The van der Waals surface area contributed by atoms with Crippen LogP contribution in [0, 0.1) is 0 Å². The lowest BCUT2D eigenvalue weighted by Gasteiger charge is -2.27. The molecule has 0 spiro atoms. The normalized spacial score (nSPS) is 14.6. The number of morpholine rings is 1. The van der Waals surface area contributed by atoms with E-state index in [2.05, 4.69) is 4.90 Å². The molecule has 1 aliphatic heterocycles. The van der Waals surface area contributed by atoms with Gasteiger partial charge in [-0.3, -0.25) is 14.6 Å². The molecule has 0 atom stereocenters. The van der Waals surface area contributed by atoms with Crippen molar-refractivity contribution in [2.75, 3.05) is 50.9 Å². The topological polar surface area (TPSA) is 54.9 Å². The lowest BCUT2D eigenvalue weighted by molar-refractivity contribution is 0.0376. The Kier molecular flexibility index (Phi) is 7.40. The Bertz CT molecular complexity index is 1020. The fraction of sp³-hybridized carbons (Fsp3) is 0.391. The van der Waals surface area contributed by atoms with Crippen LogP contribution in [0.1, 0.15) is 23.7 Å². The van der Waals surface area contributed by atoms with Gasteiger partial charge in [-0.25, -0.2) is 4.98 Å². The molecule has 6 nitrogen and oxygen atoms in total. The Hall–Kier alpha value is -2.19. The van der Waals surface area contributed by atoms with Crippen molar-refractivity contribution in [3.8, 4) is 5.75 Å². The van der Waals surface area contributed by atoms with Crippen LogP contribution in [-0.4, -0.2) is 61.8 Å². The van der Waals surface area contributed by atoms with Crippen molar-refractivity contribution in [1.82, 2.24) is 9.88 Å². The Balaban J connectivity index is 1.56. The quantitative estimate of drug-likeness (QED) is 0.488. The van der Waals surface area contributed by atoms with Crippen molar-refractivity contribution >= 4 is 44.2 Å². The van der Waals surface area contributed by atoms with E-state index in [4.69, 9.17) is 26.1 Å². The Morgan fingerprint density at radius 3 is 2.74 bits per heavy atom. The van der Waals surface area contributed by atoms with Gasteiger partial charge in [-0.2, -0.15) is 0 Å². The van der Waals surface area contributed by atoms with E-state index in [1.807, 2.05) is 25.1 Å². The number of halogens is 1. The molecule has 0 bridgehead atoms. The molecule has 4 rings (SSSR count). The second-order valence-electron chi connectivity index (χ2n) is 7.33. The average Bonchev–Trinajstić information content (AvgIpc) is 3.21. The minimum absolute atomic E-state index is 0.0669. The number of thiazole rings is 1. The number of anilines is 1. The first-order valence-corrected chi connectivity index (χ1v) is 11.7. The number of ether oxygens (including phenoxy) is 2. The number of rotatable bonds is 8. The van der Waals surface area contributed by atoms with E-state index >= 15 is 0 Å². The number of hydrogen-bond acceptors (Lipinski definition) is 6. The molecule has 0 radical (unpaired) electrons. The monoisotopic (exact) mass is 459 g/mol. The molecule has 2 heterocycles. The van der Waals surface area contributed by atoms with Gasteiger partial charge in [-0.15, -0.1) is 0 Å². The molecule has 0 aliphatic carbocycles. The first-order chi connectivity index (χ1) is 15.1. The van der Waals surface area contributed by atoms with Crippen molar-refractivity contribution in [2.24, 2.45) is 0 Å². The molecule has 0 N–H and O–H groups in total. The van der Waals surface area contributed by atoms with Gasteiger partial charge in [-0.05, 0) is 55.8 Å². The van der Waals surface area contributed by atoms with Crippen molar-refractivity contribution in [2.45, 2.75) is 13.3 Å².